The first-order chi connectivity index (χ1) is 15.3. The van der Waals surface area contributed by atoms with Crippen molar-refractivity contribution in [1.82, 2.24) is 15.2 Å². The molecule has 0 spiro atoms. The molecule has 4 aromatic rings. The molecule has 0 amide bonds. The van der Waals surface area contributed by atoms with Gasteiger partial charge in [0.15, 0.2) is 9.84 Å². The number of rotatable bonds is 5. The Morgan fingerprint density at radius 1 is 1.00 bits per heavy atom. The monoisotopic (exact) mass is 486 g/mol. The van der Waals surface area contributed by atoms with Crippen molar-refractivity contribution < 1.29 is 13.2 Å². The van der Waals surface area contributed by atoms with Gasteiger partial charge in [-0.3, -0.25) is 0 Å². The summed E-state index contributed by atoms with van der Waals surface area (Å²) in [7, 11) is -3.20. The predicted octanol–water partition coefficient (Wildman–Crippen LogP) is 4.57. The van der Waals surface area contributed by atoms with Gasteiger partial charge in [0, 0.05) is 32.2 Å². The minimum atomic E-state index is -3.20. The van der Waals surface area contributed by atoms with E-state index in [-0.39, 0.29) is 6.10 Å². The SMILES string of the molecule is Cc1nnc(N2CCC(Oc3nc4ccc(-c5ccc(S(C)(=O)=O)cc5)cc4s3)CC2)s1. The molecule has 2 aromatic heterocycles. The minimum Gasteiger partial charge on any atom is -0.467 e. The lowest BCUT2D eigenvalue weighted by atomic mass is 10.1. The third kappa shape index (κ3) is 4.48. The maximum absolute atomic E-state index is 11.7. The molecule has 5 rings (SSSR count). The number of aryl methyl sites for hydroxylation is 1. The zero-order chi connectivity index (χ0) is 22.3. The predicted molar refractivity (Wildman–Crippen MR) is 129 cm³/mol. The number of benzene rings is 2. The lowest BCUT2D eigenvalue weighted by molar-refractivity contribution is 0.170. The molecule has 3 heterocycles. The highest BCUT2D eigenvalue weighted by molar-refractivity contribution is 7.90. The molecule has 0 unspecified atom stereocenters. The maximum Gasteiger partial charge on any atom is 0.274 e. The third-order valence-corrected chi connectivity index (χ3v) is 8.42. The van der Waals surface area contributed by atoms with Crippen LogP contribution in [0, 0.1) is 6.92 Å². The van der Waals surface area contributed by atoms with Gasteiger partial charge in [0.25, 0.3) is 5.19 Å². The number of fused-ring (bicyclic) bond motifs is 1. The summed E-state index contributed by atoms with van der Waals surface area (Å²) in [6.07, 6.45) is 3.20. The van der Waals surface area contributed by atoms with Crippen molar-refractivity contribution in [2.75, 3.05) is 24.2 Å². The van der Waals surface area contributed by atoms with Crippen LogP contribution in [-0.4, -0.2) is 49.0 Å². The molecule has 1 aliphatic heterocycles. The van der Waals surface area contributed by atoms with E-state index in [1.54, 1.807) is 34.8 Å². The molecule has 7 nitrogen and oxygen atoms in total. The summed E-state index contributed by atoms with van der Waals surface area (Å²) >= 11 is 3.17. The van der Waals surface area contributed by atoms with E-state index in [1.165, 1.54) is 6.26 Å². The number of ether oxygens (including phenoxy) is 1. The van der Waals surface area contributed by atoms with Crippen molar-refractivity contribution in [3.8, 4) is 16.3 Å². The summed E-state index contributed by atoms with van der Waals surface area (Å²) in [6.45, 7) is 3.77. The van der Waals surface area contributed by atoms with Crippen molar-refractivity contribution in [2.24, 2.45) is 0 Å². The molecule has 166 valence electrons. The molecule has 0 aliphatic carbocycles. The summed E-state index contributed by atoms with van der Waals surface area (Å²) < 4.78 is 30.6. The first-order valence-corrected chi connectivity index (χ1v) is 13.8. The number of nitrogens with zero attached hydrogens (tertiary/aromatic N) is 4. The molecular formula is C22H22N4O3S3. The fourth-order valence-corrected chi connectivity index (χ4v) is 6.04. The van der Waals surface area contributed by atoms with Crippen molar-refractivity contribution in [3.63, 3.8) is 0 Å². The number of anilines is 1. The average Bonchev–Trinajstić information content (AvgIpc) is 3.39. The third-order valence-electron chi connectivity index (χ3n) is 5.48. The van der Waals surface area contributed by atoms with E-state index in [0.717, 1.165) is 57.4 Å². The Balaban J connectivity index is 1.27. The summed E-state index contributed by atoms with van der Waals surface area (Å²) in [5.41, 5.74) is 2.89. The van der Waals surface area contributed by atoms with Gasteiger partial charge in [-0.05, 0) is 42.3 Å². The van der Waals surface area contributed by atoms with Crippen molar-refractivity contribution in [1.29, 1.82) is 0 Å². The highest BCUT2D eigenvalue weighted by atomic mass is 32.2. The molecule has 1 fully saturated rings. The quantitative estimate of drug-likeness (QED) is 0.408. The molecule has 0 atom stereocenters. The molecule has 0 saturated carbocycles. The molecule has 0 bridgehead atoms. The molecule has 2 aromatic carbocycles. The number of thiazole rings is 1. The van der Waals surface area contributed by atoms with Gasteiger partial charge < -0.3 is 9.64 Å². The van der Waals surface area contributed by atoms with Crippen LogP contribution in [0.15, 0.2) is 47.4 Å². The van der Waals surface area contributed by atoms with Gasteiger partial charge in [-0.2, -0.15) is 0 Å². The fraction of sp³-hybridized carbons (Fsp3) is 0.318. The van der Waals surface area contributed by atoms with Crippen LogP contribution in [0.3, 0.4) is 0 Å². The van der Waals surface area contributed by atoms with Crippen LogP contribution in [0.25, 0.3) is 21.3 Å². The standard InChI is InChI=1S/C22H22N4O3S3/c1-14-24-25-21(30-14)26-11-9-17(10-12-26)29-22-23-19-8-5-16(13-20(19)31-22)15-3-6-18(7-4-15)32(2,27)28/h3-8,13,17H,9-12H2,1-2H3. The lowest BCUT2D eigenvalue weighted by Crippen LogP contribution is -2.38. The van der Waals surface area contributed by atoms with E-state index in [2.05, 4.69) is 26.1 Å². The topological polar surface area (TPSA) is 85.3 Å². The fourth-order valence-electron chi connectivity index (χ4n) is 3.75. The van der Waals surface area contributed by atoms with E-state index in [1.807, 2.05) is 31.2 Å². The second-order valence-electron chi connectivity index (χ2n) is 7.87. The normalized spacial score (nSPS) is 15.4. The smallest absolute Gasteiger partial charge is 0.274 e. The zero-order valence-electron chi connectivity index (χ0n) is 17.7. The van der Waals surface area contributed by atoms with Crippen LogP contribution in [0.5, 0.6) is 5.19 Å². The molecule has 1 saturated heterocycles. The number of hydrogen-bond acceptors (Lipinski definition) is 9. The lowest BCUT2D eigenvalue weighted by Gasteiger charge is -2.30. The first kappa shape index (κ1) is 21.3. The van der Waals surface area contributed by atoms with E-state index >= 15 is 0 Å². The zero-order valence-corrected chi connectivity index (χ0v) is 20.1. The van der Waals surface area contributed by atoms with Crippen molar-refractivity contribution in [3.05, 3.63) is 47.5 Å². The molecular weight excluding hydrogens is 464 g/mol. The van der Waals surface area contributed by atoms with Crippen LogP contribution in [0.2, 0.25) is 0 Å². The largest absolute Gasteiger partial charge is 0.467 e. The van der Waals surface area contributed by atoms with Crippen LogP contribution in [-0.2, 0) is 9.84 Å². The second kappa shape index (κ2) is 8.42. The van der Waals surface area contributed by atoms with Crippen LogP contribution >= 0.6 is 22.7 Å². The Labute approximate surface area is 194 Å². The maximum atomic E-state index is 11.7. The summed E-state index contributed by atoms with van der Waals surface area (Å²) in [5, 5.41) is 11.0. The molecule has 0 radical (unpaired) electrons. The Hall–Kier alpha value is -2.56. The van der Waals surface area contributed by atoms with E-state index in [4.69, 9.17) is 4.74 Å². The minimum absolute atomic E-state index is 0.142. The van der Waals surface area contributed by atoms with E-state index in [0.29, 0.717) is 10.1 Å². The van der Waals surface area contributed by atoms with Crippen molar-refractivity contribution in [2.45, 2.75) is 30.8 Å². The second-order valence-corrected chi connectivity index (χ2v) is 12.0. The van der Waals surface area contributed by atoms with Gasteiger partial charge in [0.2, 0.25) is 5.13 Å². The number of hydrogen-bond donors (Lipinski definition) is 0. The Morgan fingerprint density at radius 3 is 2.38 bits per heavy atom. The van der Waals surface area contributed by atoms with Crippen LogP contribution in [0.4, 0.5) is 5.13 Å². The van der Waals surface area contributed by atoms with Gasteiger partial charge in [-0.1, -0.05) is 40.9 Å². The van der Waals surface area contributed by atoms with E-state index < -0.39 is 9.84 Å². The highest BCUT2D eigenvalue weighted by Gasteiger charge is 2.23. The van der Waals surface area contributed by atoms with Gasteiger partial charge in [-0.25, -0.2) is 13.4 Å². The Morgan fingerprint density at radius 2 is 1.72 bits per heavy atom. The molecule has 32 heavy (non-hydrogen) atoms. The average molecular weight is 487 g/mol. The number of sulfone groups is 1. The van der Waals surface area contributed by atoms with Gasteiger partial charge in [0.1, 0.15) is 11.1 Å². The Kier molecular flexibility index (Phi) is 5.60. The van der Waals surface area contributed by atoms with Crippen LogP contribution in [0.1, 0.15) is 17.8 Å². The summed E-state index contributed by atoms with van der Waals surface area (Å²) in [6, 6.07) is 13.0. The van der Waals surface area contributed by atoms with Gasteiger partial charge in [-0.15, -0.1) is 10.2 Å². The van der Waals surface area contributed by atoms with E-state index in [9.17, 15) is 8.42 Å². The number of aromatic nitrogens is 3. The Bertz CT molecular complexity index is 1350. The summed E-state index contributed by atoms with van der Waals surface area (Å²) in [4.78, 5) is 7.24. The van der Waals surface area contributed by atoms with Gasteiger partial charge in [0.05, 0.1) is 15.1 Å². The number of piperidine rings is 1. The summed E-state index contributed by atoms with van der Waals surface area (Å²) in [5.74, 6) is 0. The molecule has 0 N–H and O–H groups in total. The highest BCUT2D eigenvalue weighted by Crippen LogP contribution is 2.34. The van der Waals surface area contributed by atoms with Crippen LogP contribution < -0.4 is 9.64 Å². The van der Waals surface area contributed by atoms with Crippen molar-refractivity contribution >= 4 is 47.9 Å². The molecule has 10 heteroatoms. The first-order valence-electron chi connectivity index (χ1n) is 10.3. The van der Waals surface area contributed by atoms with Gasteiger partial charge >= 0.3 is 0 Å². The molecule has 1 aliphatic rings.